The molecule has 0 radical (unpaired) electrons. The summed E-state index contributed by atoms with van der Waals surface area (Å²) >= 11 is 0. The molecule has 3 aromatic rings. The molecular weight excluding hydrogens is 464 g/mol. The lowest BCUT2D eigenvalue weighted by molar-refractivity contribution is 0.213. The number of urea groups is 1. The fraction of sp³-hybridized carbons (Fsp3) is 0.333. The minimum atomic E-state index is -0.337. The summed E-state index contributed by atoms with van der Waals surface area (Å²) in [7, 11) is 0. The van der Waals surface area contributed by atoms with Gasteiger partial charge >= 0.3 is 6.03 Å². The number of amides is 2. The van der Waals surface area contributed by atoms with Gasteiger partial charge in [-0.2, -0.15) is 0 Å². The summed E-state index contributed by atoms with van der Waals surface area (Å²) in [5.74, 6) is 0.885. The third kappa shape index (κ3) is 6.61. The molecule has 3 N–H and O–H groups in total. The monoisotopic (exact) mass is 502 g/mol. The van der Waals surface area contributed by atoms with E-state index in [0.29, 0.717) is 56.3 Å². The van der Waals surface area contributed by atoms with E-state index in [-0.39, 0.29) is 12.0 Å². The van der Waals surface area contributed by atoms with Crippen LogP contribution in [0.4, 0.5) is 10.5 Å². The molecule has 7 heteroatoms. The molecule has 3 aromatic carbocycles. The molecule has 0 aliphatic rings. The summed E-state index contributed by atoms with van der Waals surface area (Å²) in [5.41, 5.74) is 10.3. The number of nitrogens with two attached hydrogens (primary N) is 1. The number of carbonyl (C=O) groups is 1. The fourth-order valence-electron chi connectivity index (χ4n) is 4.34. The summed E-state index contributed by atoms with van der Waals surface area (Å²) in [6.07, 6.45) is 1.17. The summed E-state index contributed by atoms with van der Waals surface area (Å²) in [4.78, 5) is 16.6. The lowest BCUT2D eigenvalue weighted by Gasteiger charge is -2.32. The van der Waals surface area contributed by atoms with Crippen LogP contribution in [-0.2, 0) is 26.1 Å². The van der Waals surface area contributed by atoms with Gasteiger partial charge in [-0.05, 0) is 37.8 Å². The van der Waals surface area contributed by atoms with Crippen molar-refractivity contribution in [3.05, 3.63) is 89.0 Å². The van der Waals surface area contributed by atoms with Crippen molar-refractivity contribution in [2.75, 3.05) is 18.0 Å². The second-order valence-electron chi connectivity index (χ2n) is 8.61. The number of benzene rings is 3. The first kappa shape index (κ1) is 27.6. The van der Waals surface area contributed by atoms with Gasteiger partial charge in [-0.3, -0.25) is 5.41 Å². The number of carbonyl (C=O) groups excluding carboxylic acids is 1. The summed E-state index contributed by atoms with van der Waals surface area (Å²) < 4.78 is 12.7. The predicted octanol–water partition coefficient (Wildman–Crippen LogP) is 6.13. The fourth-order valence-corrected chi connectivity index (χ4v) is 4.34. The number of ether oxygens (including phenoxy) is 2. The zero-order valence-electron chi connectivity index (χ0n) is 22.3. The maximum atomic E-state index is 13.6. The molecule has 0 heterocycles. The molecule has 7 nitrogen and oxygen atoms in total. The molecule has 37 heavy (non-hydrogen) atoms. The highest BCUT2D eigenvalue weighted by atomic mass is 16.5. The Balaban J connectivity index is 2.16. The van der Waals surface area contributed by atoms with Gasteiger partial charge < -0.3 is 20.1 Å². The Kier molecular flexibility index (Phi) is 9.95. The molecule has 0 aliphatic heterocycles. The smallest absolute Gasteiger partial charge is 0.331 e. The molecule has 0 saturated heterocycles. The standard InChI is InChI=1S/C30H38N4O3/c1-5-24-26(36-20-22-15-11-9-12-16-22)19-27(37-21-23-17-13-10-14-18-23)25(6-2)28(24)34(29(31)32)30(35)33(7-3)8-4/h9-19H,5-8,20-21H2,1-4H3,(H3,31,32). The molecule has 0 atom stereocenters. The van der Waals surface area contributed by atoms with E-state index < -0.39 is 0 Å². The Labute approximate surface area is 220 Å². The molecule has 0 spiro atoms. The zero-order valence-corrected chi connectivity index (χ0v) is 22.3. The van der Waals surface area contributed by atoms with Gasteiger partial charge in [0.25, 0.3) is 0 Å². The van der Waals surface area contributed by atoms with Crippen molar-refractivity contribution in [3.8, 4) is 11.5 Å². The molecule has 3 rings (SSSR count). The van der Waals surface area contributed by atoms with Crippen LogP contribution in [0.25, 0.3) is 0 Å². The lowest BCUT2D eigenvalue weighted by atomic mass is 9.99. The molecule has 0 aromatic heterocycles. The Bertz CT molecular complexity index is 1110. The molecule has 0 saturated carbocycles. The minimum absolute atomic E-state index is 0.337. The Morgan fingerprint density at radius 1 is 0.784 bits per heavy atom. The van der Waals surface area contributed by atoms with Crippen LogP contribution in [0.1, 0.15) is 49.9 Å². The van der Waals surface area contributed by atoms with Gasteiger partial charge in [-0.1, -0.05) is 74.5 Å². The van der Waals surface area contributed by atoms with Gasteiger partial charge in [-0.25, -0.2) is 9.69 Å². The van der Waals surface area contributed by atoms with Crippen LogP contribution in [-0.4, -0.2) is 30.0 Å². The topological polar surface area (TPSA) is 91.9 Å². The number of hydrogen-bond donors (Lipinski definition) is 2. The molecular formula is C30H38N4O3. The number of rotatable bonds is 11. The third-order valence-electron chi connectivity index (χ3n) is 6.30. The molecule has 0 bridgehead atoms. The van der Waals surface area contributed by atoms with E-state index in [0.717, 1.165) is 22.3 Å². The van der Waals surface area contributed by atoms with Crippen LogP contribution in [0.2, 0.25) is 0 Å². The molecule has 196 valence electrons. The molecule has 0 unspecified atom stereocenters. The van der Waals surface area contributed by atoms with Crippen molar-refractivity contribution in [2.45, 2.75) is 53.8 Å². The van der Waals surface area contributed by atoms with Gasteiger partial charge in [-0.15, -0.1) is 0 Å². The second-order valence-corrected chi connectivity index (χ2v) is 8.61. The van der Waals surface area contributed by atoms with E-state index in [1.807, 2.05) is 94.4 Å². The van der Waals surface area contributed by atoms with Gasteiger partial charge in [0.1, 0.15) is 24.7 Å². The second kappa shape index (κ2) is 13.3. The van der Waals surface area contributed by atoms with Crippen LogP contribution in [0, 0.1) is 5.41 Å². The van der Waals surface area contributed by atoms with E-state index in [1.165, 1.54) is 4.90 Å². The number of anilines is 1. The largest absolute Gasteiger partial charge is 0.488 e. The van der Waals surface area contributed by atoms with E-state index in [1.54, 1.807) is 4.90 Å². The van der Waals surface area contributed by atoms with Crippen molar-refractivity contribution in [3.63, 3.8) is 0 Å². The van der Waals surface area contributed by atoms with E-state index >= 15 is 0 Å². The first-order valence-electron chi connectivity index (χ1n) is 12.9. The quantitative estimate of drug-likeness (QED) is 0.244. The highest BCUT2D eigenvalue weighted by molar-refractivity contribution is 6.15. The van der Waals surface area contributed by atoms with Crippen LogP contribution < -0.4 is 20.1 Å². The van der Waals surface area contributed by atoms with E-state index in [2.05, 4.69) is 0 Å². The van der Waals surface area contributed by atoms with E-state index in [4.69, 9.17) is 20.6 Å². The lowest BCUT2D eigenvalue weighted by Crippen LogP contribution is -2.49. The number of nitrogens with one attached hydrogen (secondary N) is 1. The van der Waals surface area contributed by atoms with Crippen LogP contribution >= 0.6 is 0 Å². The van der Waals surface area contributed by atoms with Gasteiger partial charge in [0.2, 0.25) is 5.96 Å². The summed E-state index contributed by atoms with van der Waals surface area (Å²) in [5, 5.41) is 8.40. The van der Waals surface area contributed by atoms with Crippen molar-refractivity contribution < 1.29 is 14.3 Å². The highest BCUT2D eigenvalue weighted by Gasteiger charge is 2.30. The van der Waals surface area contributed by atoms with Gasteiger partial charge in [0, 0.05) is 30.3 Å². The maximum absolute atomic E-state index is 13.6. The zero-order chi connectivity index (χ0) is 26.8. The van der Waals surface area contributed by atoms with Crippen LogP contribution in [0.5, 0.6) is 11.5 Å². The van der Waals surface area contributed by atoms with Crippen LogP contribution in [0.15, 0.2) is 66.7 Å². The first-order valence-corrected chi connectivity index (χ1v) is 12.9. The van der Waals surface area contributed by atoms with Crippen molar-refractivity contribution in [1.82, 2.24) is 4.90 Å². The van der Waals surface area contributed by atoms with Crippen LogP contribution in [0.3, 0.4) is 0 Å². The summed E-state index contributed by atoms with van der Waals surface area (Å²) in [6.45, 7) is 9.58. The van der Waals surface area contributed by atoms with Crippen molar-refractivity contribution >= 4 is 17.7 Å². The Morgan fingerprint density at radius 3 is 1.57 bits per heavy atom. The molecule has 0 fully saturated rings. The Hall–Kier alpha value is -4.00. The predicted molar refractivity (Wildman–Crippen MR) is 149 cm³/mol. The molecule has 2 amide bonds. The Morgan fingerprint density at radius 2 is 1.22 bits per heavy atom. The average Bonchev–Trinajstić information content (AvgIpc) is 2.92. The van der Waals surface area contributed by atoms with Gasteiger partial charge in [0.15, 0.2) is 0 Å². The van der Waals surface area contributed by atoms with Crippen molar-refractivity contribution in [2.24, 2.45) is 5.73 Å². The SMILES string of the molecule is CCc1c(OCc2ccccc2)cc(OCc2ccccc2)c(CC)c1N(C(=N)N)C(=O)N(CC)CC. The summed E-state index contributed by atoms with van der Waals surface area (Å²) in [6, 6.07) is 21.4. The third-order valence-corrected chi connectivity index (χ3v) is 6.30. The molecule has 0 aliphatic carbocycles. The normalized spacial score (nSPS) is 10.6. The first-order chi connectivity index (χ1) is 17.9. The maximum Gasteiger partial charge on any atom is 0.331 e. The van der Waals surface area contributed by atoms with Crippen molar-refractivity contribution in [1.29, 1.82) is 5.41 Å². The highest BCUT2D eigenvalue weighted by Crippen LogP contribution is 2.41. The minimum Gasteiger partial charge on any atom is -0.488 e. The number of nitrogens with zero attached hydrogens (tertiary/aromatic N) is 2. The van der Waals surface area contributed by atoms with E-state index in [9.17, 15) is 4.79 Å². The average molecular weight is 503 g/mol. The van der Waals surface area contributed by atoms with Gasteiger partial charge in [0.05, 0.1) is 5.69 Å². The number of guanidine groups is 1. The number of hydrogen-bond acceptors (Lipinski definition) is 4.